The van der Waals surface area contributed by atoms with E-state index in [1.165, 1.54) is 12.1 Å². The summed E-state index contributed by atoms with van der Waals surface area (Å²) in [5, 5.41) is 17.5. The van der Waals surface area contributed by atoms with Crippen molar-refractivity contribution in [1.82, 2.24) is 9.78 Å². The van der Waals surface area contributed by atoms with Gasteiger partial charge in [-0.2, -0.15) is 0 Å². The quantitative estimate of drug-likeness (QED) is 0.261. The fraction of sp³-hybridized carbons (Fsp3) is 0.182. The number of benzene rings is 3. The van der Waals surface area contributed by atoms with Gasteiger partial charge in [0.15, 0.2) is 0 Å². The molecule has 8 nitrogen and oxygen atoms in total. The number of nitrogens with zero attached hydrogens (tertiary/aromatic N) is 3. The Morgan fingerprint density at radius 2 is 1.90 bits per heavy atom. The lowest BCUT2D eigenvalue weighted by Crippen LogP contribution is -2.12. The minimum atomic E-state index is -0.635. The first kappa shape index (κ1) is 19.4. The number of nitro benzene ring substituents is 1. The second-order valence-corrected chi connectivity index (χ2v) is 6.56. The minimum Gasteiger partial charge on any atom is -0.493 e. The molecule has 4 aromatic rings. The molecule has 0 saturated heterocycles. The van der Waals surface area contributed by atoms with E-state index in [1.807, 2.05) is 44.2 Å². The topological polar surface area (TPSA) is 96.5 Å². The van der Waals surface area contributed by atoms with Crippen molar-refractivity contribution in [2.45, 2.75) is 20.4 Å². The van der Waals surface area contributed by atoms with E-state index < -0.39 is 10.9 Å². The molecule has 3 aromatic carbocycles. The molecule has 0 unspecified atom stereocenters. The van der Waals surface area contributed by atoms with E-state index in [0.717, 1.165) is 5.39 Å². The molecule has 4 rings (SSSR count). The first-order valence-corrected chi connectivity index (χ1v) is 9.55. The van der Waals surface area contributed by atoms with Gasteiger partial charge in [-0.05, 0) is 36.8 Å². The smallest absolute Gasteiger partial charge is 0.349 e. The number of esters is 1. The standard InChI is InChI=1S/C22H19N3O5/c1-3-24-18-11-10-15(25(27)28)13-17(18)21(23-24)30-22(26)20-16-8-6-5-7-14(16)9-12-19(20)29-4-2/h5-13H,3-4H2,1-2H3. The average molecular weight is 405 g/mol. The van der Waals surface area contributed by atoms with Gasteiger partial charge in [0.1, 0.15) is 11.3 Å². The summed E-state index contributed by atoms with van der Waals surface area (Å²) >= 11 is 0. The second-order valence-electron chi connectivity index (χ2n) is 6.56. The summed E-state index contributed by atoms with van der Waals surface area (Å²) in [7, 11) is 0. The Morgan fingerprint density at radius 3 is 2.63 bits per heavy atom. The highest BCUT2D eigenvalue weighted by molar-refractivity contribution is 6.08. The summed E-state index contributed by atoms with van der Waals surface area (Å²) in [6.45, 7) is 4.62. The molecule has 0 radical (unpaired) electrons. The maximum absolute atomic E-state index is 13.2. The van der Waals surface area contributed by atoms with Crippen LogP contribution in [0.5, 0.6) is 11.6 Å². The zero-order chi connectivity index (χ0) is 21.3. The summed E-state index contributed by atoms with van der Waals surface area (Å²) in [4.78, 5) is 23.9. The summed E-state index contributed by atoms with van der Waals surface area (Å²) in [5.41, 5.74) is 0.837. The van der Waals surface area contributed by atoms with Crippen LogP contribution in [-0.4, -0.2) is 27.3 Å². The van der Waals surface area contributed by atoms with Crippen LogP contribution < -0.4 is 9.47 Å². The van der Waals surface area contributed by atoms with Crippen LogP contribution in [0.1, 0.15) is 24.2 Å². The molecule has 8 heteroatoms. The van der Waals surface area contributed by atoms with E-state index in [-0.39, 0.29) is 11.6 Å². The van der Waals surface area contributed by atoms with Crippen LogP contribution in [0.4, 0.5) is 5.69 Å². The number of ether oxygens (including phenoxy) is 2. The number of hydrogen-bond donors (Lipinski definition) is 0. The van der Waals surface area contributed by atoms with Crippen LogP contribution in [0.2, 0.25) is 0 Å². The molecule has 0 aliphatic heterocycles. The molecule has 152 valence electrons. The van der Waals surface area contributed by atoms with Crippen LogP contribution in [0.25, 0.3) is 21.7 Å². The maximum Gasteiger partial charge on any atom is 0.349 e. The Morgan fingerprint density at radius 1 is 1.10 bits per heavy atom. The SMILES string of the molecule is CCOc1ccc2ccccc2c1C(=O)Oc1nn(CC)c2ccc([N+](=O)[O-])cc12. The largest absolute Gasteiger partial charge is 0.493 e. The van der Waals surface area contributed by atoms with Gasteiger partial charge in [0, 0.05) is 18.7 Å². The molecule has 0 aliphatic carbocycles. The molecule has 1 heterocycles. The van der Waals surface area contributed by atoms with Gasteiger partial charge < -0.3 is 9.47 Å². The van der Waals surface area contributed by atoms with Gasteiger partial charge in [-0.15, -0.1) is 5.10 Å². The lowest BCUT2D eigenvalue weighted by atomic mass is 10.0. The number of non-ortho nitro benzene ring substituents is 1. The fourth-order valence-corrected chi connectivity index (χ4v) is 3.44. The third-order valence-corrected chi connectivity index (χ3v) is 4.79. The molecule has 0 fully saturated rings. The average Bonchev–Trinajstić information content (AvgIpc) is 3.10. The third-order valence-electron chi connectivity index (χ3n) is 4.79. The van der Waals surface area contributed by atoms with Crippen molar-refractivity contribution in [3.63, 3.8) is 0 Å². The molecule has 30 heavy (non-hydrogen) atoms. The van der Waals surface area contributed by atoms with Crippen molar-refractivity contribution < 1.29 is 19.2 Å². The first-order valence-electron chi connectivity index (χ1n) is 9.55. The monoisotopic (exact) mass is 405 g/mol. The molecular formula is C22H19N3O5. The zero-order valence-electron chi connectivity index (χ0n) is 16.5. The second kappa shape index (κ2) is 7.82. The number of nitro groups is 1. The van der Waals surface area contributed by atoms with Crippen molar-refractivity contribution in [3.8, 4) is 11.6 Å². The molecule has 0 atom stereocenters. The molecule has 0 N–H and O–H groups in total. The number of carbonyl (C=O) groups is 1. The summed E-state index contributed by atoms with van der Waals surface area (Å²) < 4.78 is 12.9. The lowest BCUT2D eigenvalue weighted by molar-refractivity contribution is -0.384. The van der Waals surface area contributed by atoms with Gasteiger partial charge in [0.25, 0.3) is 5.69 Å². The van der Waals surface area contributed by atoms with Crippen molar-refractivity contribution >= 4 is 33.3 Å². The van der Waals surface area contributed by atoms with E-state index in [0.29, 0.717) is 40.8 Å². The van der Waals surface area contributed by atoms with Gasteiger partial charge in [0.05, 0.1) is 22.4 Å². The highest BCUT2D eigenvalue weighted by atomic mass is 16.6. The van der Waals surface area contributed by atoms with Crippen molar-refractivity contribution in [2.75, 3.05) is 6.61 Å². The van der Waals surface area contributed by atoms with Crippen LogP contribution in [0, 0.1) is 10.1 Å². The number of aromatic nitrogens is 2. The molecule has 1 aromatic heterocycles. The molecule has 0 bridgehead atoms. The highest BCUT2D eigenvalue weighted by Gasteiger charge is 2.23. The predicted molar refractivity (Wildman–Crippen MR) is 112 cm³/mol. The van der Waals surface area contributed by atoms with Crippen LogP contribution in [-0.2, 0) is 6.54 Å². The Balaban J connectivity index is 1.83. The number of aryl methyl sites for hydroxylation is 1. The number of rotatable bonds is 6. The van der Waals surface area contributed by atoms with Gasteiger partial charge in [0.2, 0.25) is 5.88 Å². The zero-order valence-corrected chi connectivity index (χ0v) is 16.5. The molecule has 0 amide bonds. The van der Waals surface area contributed by atoms with E-state index in [9.17, 15) is 14.9 Å². The summed E-state index contributed by atoms with van der Waals surface area (Å²) in [5.74, 6) is -0.202. The number of hydrogen-bond acceptors (Lipinski definition) is 6. The Kier molecular flexibility index (Phi) is 5.05. The summed E-state index contributed by atoms with van der Waals surface area (Å²) in [6.07, 6.45) is 0. The summed E-state index contributed by atoms with van der Waals surface area (Å²) in [6, 6.07) is 15.4. The van der Waals surface area contributed by atoms with Gasteiger partial charge in [-0.1, -0.05) is 30.3 Å². The number of fused-ring (bicyclic) bond motifs is 2. The lowest BCUT2D eigenvalue weighted by Gasteiger charge is -2.12. The maximum atomic E-state index is 13.2. The van der Waals surface area contributed by atoms with Crippen molar-refractivity contribution in [3.05, 3.63) is 70.3 Å². The van der Waals surface area contributed by atoms with Crippen LogP contribution in [0.15, 0.2) is 54.6 Å². The van der Waals surface area contributed by atoms with Crippen LogP contribution >= 0.6 is 0 Å². The van der Waals surface area contributed by atoms with Crippen molar-refractivity contribution in [1.29, 1.82) is 0 Å². The van der Waals surface area contributed by atoms with E-state index in [2.05, 4.69) is 5.10 Å². The van der Waals surface area contributed by atoms with E-state index >= 15 is 0 Å². The fourth-order valence-electron chi connectivity index (χ4n) is 3.44. The number of carbonyl (C=O) groups excluding carboxylic acids is 1. The molecule has 0 aliphatic rings. The van der Waals surface area contributed by atoms with E-state index in [1.54, 1.807) is 16.8 Å². The van der Waals surface area contributed by atoms with Gasteiger partial charge >= 0.3 is 5.97 Å². The van der Waals surface area contributed by atoms with E-state index in [4.69, 9.17) is 9.47 Å². The van der Waals surface area contributed by atoms with Gasteiger partial charge in [-0.3, -0.25) is 14.8 Å². The molecule has 0 spiro atoms. The predicted octanol–water partition coefficient (Wildman–Crippen LogP) is 4.74. The normalized spacial score (nSPS) is 11.0. The Hall–Kier alpha value is -3.94. The van der Waals surface area contributed by atoms with Crippen LogP contribution in [0.3, 0.4) is 0 Å². The van der Waals surface area contributed by atoms with Gasteiger partial charge in [-0.25, -0.2) is 4.79 Å². The Bertz CT molecular complexity index is 1280. The minimum absolute atomic E-state index is 0.0240. The molecule has 0 saturated carbocycles. The highest BCUT2D eigenvalue weighted by Crippen LogP contribution is 2.32. The molecular weight excluding hydrogens is 386 g/mol. The van der Waals surface area contributed by atoms with Crippen molar-refractivity contribution in [2.24, 2.45) is 0 Å². The third kappa shape index (κ3) is 3.32. The first-order chi connectivity index (χ1) is 14.5. The Labute approximate surface area is 171 Å².